The van der Waals surface area contributed by atoms with Crippen LogP contribution in [0.15, 0.2) is 22.7 Å². The second-order valence-electron chi connectivity index (χ2n) is 5.18. The standard InChI is InChI=1S/C16H26BrClN2/c1-5-12(3)20(6-2)10-9-16(19-4)14-8-7-13(17)11-15(14)18/h7-8,11-12,16,19H,5-6,9-10H2,1-4H3. The van der Waals surface area contributed by atoms with Crippen LogP contribution in [-0.2, 0) is 0 Å². The van der Waals surface area contributed by atoms with E-state index in [1.165, 1.54) is 12.0 Å². The summed E-state index contributed by atoms with van der Waals surface area (Å²) in [6, 6.07) is 7.06. The molecule has 1 rings (SSSR count). The maximum Gasteiger partial charge on any atom is 0.0465 e. The van der Waals surface area contributed by atoms with Gasteiger partial charge in [-0.2, -0.15) is 0 Å². The van der Waals surface area contributed by atoms with Gasteiger partial charge in [0.15, 0.2) is 0 Å². The zero-order valence-corrected chi connectivity index (χ0v) is 15.3. The molecule has 2 atom stereocenters. The Morgan fingerprint density at radius 3 is 2.55 bits per heavy atom. The molecular weight excluding hydrogens is 336 g/mol. The van der Waals surface area contributed by atoms with Crippen molar-refractivity contribution >= 4 is 27.5 Å². The van der Waals surface area contributed by atoms with E-state index < -0.39 is 0 Å². The van der Waals surface area contributed by atoms with Crippen molar-refractivity contribution in [1.29, 1.82) is 0 Å². The number of nitrogens with zero attached hydrogens (tertiary/aromatic N) is 1. The molecule has 4 heteroatoms. The van der Waals surface area contributed by atoms with Crippen LogP contribution in [0.25, 0.3) is 0 Å². The Labute approximate surface area is 137 Å². The Balaban J connectivity index is 2.72. The quantitative estimate of drug-likeness (QED) is 0.710. The van der Waals surface area contributed by atoms with Crippen LogP contribution in [0.3, 0.4) is 0 Å². The third-order valence-electron chi connectivity index (χ3n) is 4.01. The Morgan fingerprint density at radius 1 is 1.35 bits per heavy atom. The minimum Gasteiger partial charge on any atom is -0.313 e. The summed E-state index contributed by atoms with van der Waals surface area (Å²) >= 11 is 9.81. The van der Waals surface area contributed by atoms with E-state index in [0.29, 0.717) is 12.1 Å². The molecule has 0 aliphatic carbocycles. The molecule has 0 amide bonds. The van der Waals surface area contributed by atoms with E-state index in [-0.39, 0.29) is 0 Å². The van der Waals surface area contributed by atoms with Gasteiger partial charge in [-0.3, -0.25) is 0 Å². The number of hydrogen-bond acceptors (Lipinski definition) is 2. The van der Waals surface area contributed by atoms with Gasteiger partial charge in [-0.05, 0) is 51.1 Å². The lowest BCUT2D eigenvalue weighted by molar-refractivity contribution is 0.204. The molecule has 0 aliphatic heterocycles. The summed E-state index contributed by atoms with van der Waals surface area (Å²) in [6.45, 7) is 8.95. The molecule has 0 saturated heterocycles. The van der Waals surface area contributed by atoms with Gasteiger partial charge in [-0.1, -0.05) is 47.4 Å². The first-order valence-corrected chi connectivity index (χ1v) is 8.56. The summed E-state index contributed by atoms with van der Waals surface area (Å²) in [6.07, 6.45) is 2.26. The highest BCUT2D eigenvalue weighted by Gasteiger charge is 2.16. The fourth-order valence-corrected chi connectivity index (χ4v) is 3.29. The van der Waals surface area contributed by atoms with Crippen molar-refractivity contribution in [3.05, 3.63) is 33.3 Å². The van der Waals surface area contributed by atoms with Crippen molar-refractivity contribution in [1.82, 2.24) is 10.2 Å². The molecular formula is C16H26BrClN2. The van der Waals surface area contributed by atoms with Crippen LogP contribution in [0.2, 0.25) is 5.02 Å². The monoisotopic (exact) mass is 360 g/mol. The van der Waals surface area contributed by atoms with E-state index in [1.54, 1.807) is 0 Å². The van der Waals surface area contributed by atoms with Crippen LogP contribution in [0, 0.1) is 0 Å². The highest BCUT2D eigenvalue weighted by atomic mass is 79.9. The molecule has 114 valence electrons. The predicted molar refractivity (Wildman–Crippen MR) is 92.6 cm³/mol. The third kappa shape index (κ3) is 5.03. The van der Waals surface area contributed by atoms with Gasteiger partial charge in [0.2, 0.25) is 0 Å². The SMILES string of the molecule is CCC(C)N(CC)CCC(NC)c1ccc(Br)cc1Cl. The number of benzene rings is 1. The van der Waals surface area contributed by atoms with Crippen LogP contribution in [0.4, 0.5) is 0 Å². The normalized spacial score (nSPS) is 14.6. The zero-order chi connectivity index (χ0) is 15.1. The highest BCUT2D eigenvalue weighted by molar-refractivity contribution is 9.10. The smallest absolute Gasteiger partial charge is 0.0465 e. The molecule has 0 aromatic heterocycles. The Morgan fingerprint density at radius 2 is 2.05 bits per heavy atom. The summed E-state index contributed by atoms with van der Waals surface area (Å²) in [5, 5.41) is 4.21. The summed E-state index contributed by atoms with van der Waals surface area (Å²) in [5.41, 5.74) is 1.18. The van der Waals surface area contributed by atoms with Gasteiger partial charge in [0.1, 0.15) is 0 Å². The van der Waals surface area contributed by atoms with Crippen molar-refractivity contribution in [2.45, 2.75) is 45.7 Å². The third-order valence-corrected chi connectivity index (χ3v) is 4.83. The van der Waals surface area contributed by atoms with Gasteiger partial charge in [0.05, 0.1) is 0 Å². The van der Waals surface area contributed by atoms with E-state index in [0.717, 1.165) is 29.0 Å². The van der Waals surface area contributed by atoms with Crippen LogP contribution in [-0.4, -0.2) is 31.1 Å². The lowest BCUT2D eigenvalue weighted by atomic mass is 10.0. The van der Waals surface area contributed by atoms with E-state index in [9.17, 15) is 0 Å². The van der Waals surface area contributed by atoms with Gasteiger partial charge in [0, 0.05) is 28.1 Å². The van der Waals surface area contributed by atoms with E-state index >= 15 is 0 Å². The molecule has 0 fully saturated rings. The number of halogens is 2. The number of rotatable bonds is 8. The second kappa shape index (κ2) is 9.04. The van der Waals surface area contributed by atoms with E-state index in [2.05, 4.69) is 59.1 Å². The molecule has 0 spiro atoms. The molecule has 2 unspecified atom stereocenters. The fourth-order valence-electron chi connectivity index (χ4n) is 2.48. The zero-order valence-electron chi connectivity index (χ0n) is 12.9. The van der Waals surface area contributed by atoms with Crippen molar-refractivity contribution in [2.24, 2.45) is 0 Å². The van der Waals surface area contributed by atoms with Crippen LogP contribution in [0.1, 0.15) is 45.2 Å². The van der Waals surface area contributed by atoms with Gasteiger partial charge in [-0.25, -0.2) is 0 Å². The first kappa shape index (κ1) is 18.0. The van der Waals surface area contributed by atoms with Crippen LogP contribution < -0.4 is 5.32 Å². The molecule has 2 nitrogen and oxygen atoms in total. The average Bonchev–Trinajstić information content (AvgIpc) is 2.44. The Kier molecular flexibility index (Phi) is 8.11. The molecule has 1 aromatic carbocycles. The fraction of sp³-hybridized carbons (Fsp3) is 0.625. The lowest BCUT2D eigenvalue weighted by Crippen LogP contribution is -2.35. The van der Waals surface area contributed by atoms with Crippen molar-refractivity contribution in [3.8, 4) is 0 Å². The van der Waals surface area contributed by atoms with Crippen LogP contribution in [0.5, 0.6) is 0 Å². The van der Waals surface area contributed by atoms with Crippen molar-refractivity contribution < 1.29 is 0 Å². The van der Waals surface area contributed by atoms with Crippen LogP contribution >= 0.6 is 27.5 Å². The maximum absolute atomic E-state index is 6.36. The van der Waals surface area contributed by atoms with Gasteiger partial charge >= 0.3 is 0 Å². The Hall–Kier alpha value is -0.0900. The number of hydrogen-bond donors (Lipinski definition) is 1. The largest absolute Gasteiger partial charge is 0.313 e. The van der Waals surface area contributed by atoms with E-state index in [4.69, 9.17) is 11.6 Å². The topological polar surface area (TPSA) is 15.3 Å². The summed E-state index contributed by atoms with van der Waals surface area (Å²) in [5.74, 6) is 0. The molecule has 0 radical (unpaired) electrons. The summed E-state index contributed by atoms with van der Waals surface area (Å²) in [4.78, 5) is 2.52. The average molecular weight is 362 g/mol. The lowest BCUT2D eigenvalue weighted by Gasteiger charge is -2.29. The summed E-state index contributed by atoms with van der Waals surface area (Å²) in [7, 11) is 2.00. The number of nitrogens with one attached hydrogen (secondary N) is 1. The first-order valence-electron chi connectivity index (χ1n) is 7.39. The van der Waals surface area contributed by atoms with Gasteiger partial charge in [-0.15, -0.1) is 0 Å². The minimum absolute atomic E-state index is 0.300. The second-order valence-corrected chi connectivity index (χ2v) is 6.50. The summed E-state index contributed by atoms with van der Waals surface area (Å²) < 4.78 is 1.02. The van der Waals surface area contributed by atoms with E-state index in [1.807, 2.05) is 13.1 Å². The van der Waals surface area contributed by atoms with Gasteiger partial charge < -0.3 is 10.2 Å². The molecule has 1 N–H and O–H groups in total. The molecule has 0 saturated carbocycles. The Bertz CT molecular complexity index is 411. The minimum atomic E-state index is 0.300. The van der Waals surface area contributed by atoms with Crippen molar-refractivity contribution in [3.63, 3.8) is 0 Å². The predicted octanol–water partition coefficient (Wildman–Crippen LogP) is 4.87. The highest BCUT2D eigenvalue weighted by Crippen LogP contribution is 2.28. The molecule has 20 heavy (non-hydrogen) atoms. The van der Waals surface area contributed by atoms with Gasteiger partial charge in [0.25, 0.3) is 0 Å². The van der Waals surface area contributed by atoms with Crippen molar-refractivity contribution in [2.75, 3.05) is 20.1 Å². The first-order chi connectivity index (χ1) is 9.53. The molecule has 0 aliphatic rings. The molecule has 1 aromatic rings. The molecule has 0 bridgehead atoms. The molecule has 0 heterocycles. The maximum atomic E-state index is 6.36.